The van der Waals surface area contributed by atoms with E-state index in [0.717, 1.165) is 26.2 Å². The van der Waals surface area contributed by atoms with Gasteiger partial charge in [0.15, 0.2) is 0 Å². The maximum absolute atomic E-state index is 8.28. The summed E-state index contributed by atoms with van der Waals surface area (Å²) in [5.74, 6) is 0. The van der Waals surface area contributed by atoms with Crippen LogP contribution in [0.5, 0.6) is 0 Å². The molecule has 5 heteroatoms. The van der Waals surface area contributed by atoms with E-state index in [1.165, 1.54) is 23.9 Å². The molecule has 4 nitrogen and oxygen atoms in total. The molecule has 2 rings (SSSR count). The molecule has 0 atom stereocenters. The van der Waals surface area contributed by atoms with Crippen molar-refractivity contribution < 1.29 is 4.65 Å². The molecular formula is C14H18BN3O. The fourth-order valence-electron chi connectivity index (χ4n) is 2.20. The molecule has 0 N–H and O–H groups in total. The Hall–Kier alpha value is -1.96. The predicted octanol–water partition coefficient (Wildman–Crippen LogP) is 1.30. The van der Waals surface area contributed by atoms with Gasteiger partial charge in [-0.05, 0) is 0 Å². The van der Waals surface area contributed by atoms with E-state index < -0.39 is 0 Å². The molecule has 98 valence electrons. The average Bonchev–Trinajstić information content (AvgIpc) is 2.43. The number of piperazine rings is 1. The monoisotopic (exact) mass is 255 g/mol. The number of hydrogen-bond acceptors (Lipinski definition) is 4. The summed E-state index contributed by atoms with van der Waals surface area (Å²) < 4.78 is 4.55. The van der Waals surface area contributed by atoms with E-state index >= 15 is 0 Å². The third-order valence-corrected chi connectivity index (χ3v) is 3.56. The second kappa shape index (κ2) is 6.28. The molecule has 1 saturated heterocycles. The molecule has 0 unspecified atom stereocenters. The summed E-state index contributed by atoms with van der Waals surface area (Å²) in [6.45, 7) is 8.14. The van der Waals surface area contributed by atoms with Crippen LogP contribution < -0.4 is 4.90 Å². The van der Waals surface area contributed by atoms with Crippen LogP contribution in [0.2, 0.25) is 0 Å². The Morgan fingerprint density at radius 2 is 1.95 bits per heavy atom. The van der Waals surface area contributed by atoms with Crippen molar-refractivity contribution in [3.05, 3.63) is 29.3 Å². The summed E-state index contributed by atoms with van der Waals surface area (Å²) >= 11 is 0. The molecule has 1 aliphatic rings. The van der Waals surface area contributed by atoms with Gasteiger partial charge in [-0.2, -0.15) is 0 Å². The summed E-state index contributed by atoms with van der Waals surface area (Å²) in [6.07, 6.45) is 3.46. The quantitative estimate of drug-likeness (QED) is 0.603. The molecule has 19 heavy (non-hydrogen) atoms. The number of aryl methyl sites for hydroxylation is 2. The van der Waals surface area contributed by atoms with Gasteiger partial charge in [-0.1, -0.05) is 0 Å². The van der Waals surface area contributed by atoms with Crippen LogP contribution >= 0.6 is 0 Å². The number of nitrogens with zero attached hydrogens (tertiary/aromatic N) is 3. The molecule has 0 aliphatic carbocycles. The Balaban J connectivity index is 1.92. The Morgan fingerprint density at radius 1 is 1.21 bits per heavy atom. The summed E-state index contributed by atoms with van der Waals surface area (Å²) in [7, 11) is 1.44. The number of anilines is 1. The minimum absolute atomic E-state index is 0.943. The van der Waals surface area contributed by atoms with Crippen LogP contribution in [0.3, 0.4) is 0 Å². The second-order valence-electron chi connectivity index (χ2n) is 4.79. The molecule has 1 aliphatic heterocycles. The number of nitriles is 1. The van der Waals surface area contributed by atoms with Crippen LogP contribution in [-0.2, 0) is 4.65 Å². The predicted molar refractivity (Wildman–Crippen MR) is 78.2 cm³/mol. The zero-order valence-electron chi connectivity index (χ0n) is 11.5. The van der Waals surface area contributed by atoms with Gasteiger partial charge in [0.05, 0.1) is 0 Å². The van der Waals surface area contributed by atoms with Crippen molar-refractivity contribution in [2.75, 3.05) is 31.1 Å². The maximum atomic E-state index is 8.28. The van der Waals surface area contributed by atoms with E-state index in [-0.39, 0.29) is 0 Å². The third kappa shape index (κ3) is 3.51. The molecule has 1 fully saturated rings. The second-order valence-corrected chi connectivity index (χ2v) is 4.79. The molecular weight excluding hydrogens is 237 g/mol. The van der Waals surface area contributed by atoms with Crippen LogP contribution in [0.25, 0.3) is 0 Å². The number of hydrogen-bond donors (Lipinski definition) is 0. The van der Waals surface area contributed by atoms with E-state index in [0.29, 0.717) is 0 Å². The summed E-state index contributed by atoms with van der Waals surface area (Å²) in [5.41, 5.74) is 3.96. The fourth-order valence-corrected chi connectivity index (χ4v) is 2.20. The van der Waals surface area contributed by atoms with Crippen LogP contribution in [0.1, 0.15) is 11.1 Å². The first-order valence-corrected chi connectivity index (χ1v) is 6.48. The van der Waals surface area contributed by atoms with Gasteiger partial charge in [-0.25, -0.2) is 0 Å². The Kier molecular flexibility index (Phi) is 4.46. The first-order valence-electron chi connectivity index (χ1n) is 6.48. The van der Waals surface area contributed by atoms with E-state index in [1.807, 2.05) is 6.09 Å². The van der Waals surface area contributed by atoms with Gasteiger partial charge in [0.1, 0.15) is 0 Å². The van der Waals surface area contributed by atoms with Crippen LogP contribution in [0.4, 0.5) is 5.69 Å². The normalized spacial score (nSPS) is 15.2. The molecule has 0 saturated carbocycles. The summed E-state index contributed by atoms with van der Waals surface area (Å²) in [4.78, 5) is 4.55. The first kappa shape index (κ1) is 13.5. The topological polar surface area (TPSA) is 39.5 Å². The zero-order chi connectivity index (χ0) is 13.7. The third-order valence-electron chi connectivity index (χ3n) is 3.56. The van der Waals surface area contributed by atoms with Crippen molar-refractivity contribution in [2.24, 2.45) is 0 Å². The van der Waals surface area contributed by atoms with Crippen LogP contribution in [0, 0.1) is 25.4 Å². The zero-order valence-corrected chi connectivity index (χ0v) is 11.5. The fraction of sp³-hybridized carbons (Fsp3) is 0.429. The molecule has 0 aromatic heterocycles. The first-order chi connectivity index (χ1) is 9.20. The standard InChI is InChI=1S/C14H18BN3O/c1-12-3-4-14(9-13(12)2)18-7-5-17(6-8-18)10-15-19-11-16/h3-4,9-10H,5-8H2,1-2H3. The molecule has 0 spiro atoms. The van der Waals surface area contributed by atoms with E-state index in [4.69, 9.17) is 5.26 Å². The van der Waals surface area contributed by atoms with Gasteiger partial charge >= 0.3 is 114 Å². The number of rotatable bonds is 3. The van der Waals surface area contributed by atoms with Crippen LogP contribution in [0.15, 0.2) is 18.2 Å². The van der Waals surface area contributed by atoms with Crippen molar-refractivity contribution in [2.45, 2.75) is 13.8 Å². The van der Waals surface area contributed by atoms with Crippen molar-refractivity contribution in [3.63, 3.8) is 0 Å². The van der Waals surface area contributed by atoms with E-state index in [9.17, 15) is 0 Å². The van der Waals surface area contributed by atoms with Crippen molar-refractivity contribution in [1.29, 1.82) is 5.26 Å². The van der Waals surface area contributed by atoms with Crippen LogP contribution in [-0.4, -0.2) is 44.3 Å². The van der Waals surface area contributed by atoms with Crippen molar-refractivity contribution in [1.82, 2.24) is 4.90 Å². The molecule has 0 bridgehead atoms. The van der Waals surface area contributed by atoms with Gasteiger partial charge < -0.3 is 0 Å². The Bertz CT molecular complexity index is 502. The molecule has 0 radical (unpaired) electrons. The van der Waals surface area contributed by atoms with E-state index in [1.54, 1.807) is 6.26 Å². The SMILES string of the molecule is Cc1ccc(N2CCN(C=BOC#N)CC2)cc1C. The van der Waals surface area contributed by atoms with Crippen molar-refractivity contribution in [3.8, 4) is 6.26 Å². The van der Waals surface area contributed by atoms with E-state index in [2.05, 4.69) is 46.5 Å². The van der Waals surface area contributed by atoms with Gasteiger partial charge in [0, 0.05) is 0 Å². The summed E-state index contributed by atoms with van der Waals surface area (Å²) in [5, 5.41) is 8.28. The summed E-state index contributed by atoms with van der Waals surface area (Å²) in [6, 6.07) is 6.62. The van der Waals surface area contributed by atoms with Crippen molar-refractivity contribution >= 4 is 18.9 Å². The Morgan fingerprint density at radius 3 is 2.58 bits per heavy atom. The molecule has 1 aromatic rings. The molecule has 1 heterocycles. The van der Waals surface area contributed by atoms with Gasteiger partial charge in [-0.15, -0.1) is 0 Å². The Labute approximate surface area is 115 Å². The molecule has 0 amide bonds. The van der Waals surface area contributed by atoms with Gasteiger partial charge in [-0.3, -0.25) is 0 Å². The number of benzene rings is 1. The minimum atomic E-state index is 0.943. The molecule has 1 aromatic carbocycles. The van der Waals surface area contributed by atoms with Gasteiger partial charge in [0.25, 0.3) is 0 Å². The average molecular weight is 255 g/mol. The van der Waals surface area contributed by atoms with Gasteiger partial charge in [0.2, 0.25) is 0 Å².